The molecule has 0 fully saturated rings. The van der Waals surface area contributed by atoms with Crippen LogP contribution < -0.4 is 14.2 Å². The summed E-state index contributed by atoms with van der Waals surface area (Å²) in [6.45, 7) is 2.09. The van der Waals surface area contributed by atoms with Crippen molar-refractivity contribution in [3.05, 3.63) is 60.3 Å². The molecule has 3 rings (SSSR count). The van der Waals surface area contributed by atoms with Crippen LogP contribution in [0.3, 0.4) is 0 Å². The van der Waals surface area contributed by atoms with E-state index in [1.165, 1.54) is 5.56 Å². The largest absolute Gasteiger partial charge is 0.493 e. The van der Waals surface area contributed by atoms with Gasteiger partial charge >= 0.3 is 0 Å². The predicted molar refractivity (Wildman–Crippen MR) is 95.6 cm³/mol. The molecule has 0 saturated heterocycles. The van der Waals surface area contributed by atoms with E-state index in [4.69, 9.17) is 14.2 Å². The van der Waals surface area contributed by atoms with Crippen LogP contribution in [0, 0.1) is 6.92 Å². The molecule has 0 atom stereocenters. The Labute approximate surface area is 142 Å². The van der Waals surface area contributed by atoms with Crippen LogP contribution in [0.15, 0.2) is 54.7 Å². The summed E-state index contributed by atoms with van der Waals surface area (Å²) in [7, 11) is 4.85. The van der Waals surface area contributed by atoms with E-state index < -0.39 is 0 Å². The smallest absolute Gasteiger partial charge is 0.203 e. The Morgan fingerprint density at radius 1 is 0.792 bits per heavy atom. The van der Waals surface area contributed by atoms with Gasteiger partial charge in [0.25, 0.3) is 0 Å². The van der Waals surface area contributed by atoms with Crippen LogP contribution in [0.1, 0.15) is 5.56 Å². The van der Waals surface area contributed by atoms with Gasteiger partial charge in [-0.25, -0.2) is 0 Å². The second-order valence-corrected chi connectivity index (χ2v) is 5.51. The van der Waals surface area contributed by atoms with Gasteiger partial charge in [-0.15, -0.1) is 0 Å². The Balaban J connectivity index is 2.14. The van der Waals surface area contributed by atoms with Gasteiger partial charge < -0.3 is 18.8 Å². The molecule has 0 unspecified atom stereocenters. The first kappa shape index (κ1) is 16.0. The zero-order chi connectivity index (χ0) is 17.1. The second-order valence-electron chi connectivity index (χ2n) is 5.51. The Kier molecular flexibility index (Phi) is 4.47. The van der Waals surface area contributed by atoms with Gasteiger partial charge in [-0.3, -0.25) is 0 Å². The monoisotopic (exact) mass is 323 g/mol. The van der Waals surface area contributed by atoms with Gasteiger partial charge in [-0.2, -0.15) is 0 Å². The van der Waals surface area contributed by atoms with Crippen molar-refractivity contribution in [1.29, 1.82) is 0 Å². The number of rotatable bonds is 5. The minimum absolute atomic E-state index is 0.591. The molecule has 0 aliphatic heterocycles. The molecule has 0 bridgehead atoms. The van der Waals surface area contributed by atoms with E-state index in [0.717, 1.165) is 16.9 Å². The number of hydrogen-bond donors (Lipinski definition) is 0. The Bertz CT molecular complexity index is 809. The minimum Gasteiger partial charge on any atom is -0.493 e. The van der Waals surface area contributed by atoms with Gasteiger partial charge in [0, 0.05) is 18.3 Å². The zero-order valence-electron chi connectivity index (χ0n) is 14.4. The second kappa shape index (κ2) is 6.71. The molecule has 0 aliphatic carbocycles. The van der Waals surface area contributed by atoms with Crippen LogP contribution in [0.5, 0.6) is 17.2 Å². The Morgan fingerprint density at radius 2 is 1.42 bits per heavy atom. The van der Waals surface area contributed by atoms with Gasteiger partial charge in [-0.1, -0.05) is 29.8 Å². The standard InChI is InChI=1S/C20H21NO3/c1-14-7-9-15(10-8-14)17-6-5-11-21(17)16-12-18(22-2)20(24-4)19(13-16)23-3/h5-13H,1-4H3. The minimum atomic E-state index is 0.591. The highest BCUT2D eigenvalue weighted by Gasteiger charge is 2.15. The van der Waals surface area contributed by atoms with Crippen LogP contribution >= 0.6 is 0 Å². The third-order valence-electron chi connectivity index (χ3n) is 4.02. The average molecular weight is 323 g/mol. The summed E-state index contributed by atoms with van der Waals surface area (Å²) in [5.74, 6) is 1.86. The average Bonchev–Trinajstić information content (AvgIpc) is 3.10. The third kappa shape index (κ3) is 2.83. The fourth-order valence-corrected chi connectivity index (χ4v) is 2.77. The number of benzene rings is 2. The summed E-state index contributed by atoms with van der Waals surface area (Å²) < 4.78 is 18.4. The van der Waals surface area contributed by atoms with Crippen molar-refractivity contribution >= 4 is 0 Å². The van der Waals surface area contributed by atoms with E-state index in [-0.39, 0.29) is 0 Å². The van der Waals surface area contributed by atoms with Crippen molar-refractivity contribution in [3.63, 3.8) is 0 Å². The number of ether oxygens (including phenoxy) is 3. The molecule has 24 heavy (non-hydrogen) atoms. The van der Waals surface area contributed by atoms with Crippen molar-refractivity contribution in [1.82, 2.24) is 4.57 Å². The SMILES string of the molecule is COc1cc(-n2cccc2-c2ccc(C)cc2)cc(OC)c1OC. The maximum atomic E-state index is 5.46. The van der Waals surface area contributed by atoms with E-state index in [9.17, 15) is 0 Å². The van der Waals surface area contributed by atoms with Gasteiger partial charge in [0.05, 0.1) is 32.7 Å². The van der Waals surface area contributed by atoms with E-state index in [1.807, 2.05) is 24.4 Å². The topological polar surface area (TPSA) is 32.6 Å². The molecule has 124 valence electrons. The Morgan fingerprint density at radius 3 is 1.96 bits per heavy atom. The van der Waals surface area contributed by atoms with Crippen molar-refractivity contribution < 1.29 is 14.2 Å². The van der Waals surface area contributed by atoms with E-state index in [0.29, 0.717) is 17.2 Å². The highest BCUT2D eigenvalue weighted by Crippen LogP contribution is 2.40. The van der Waals surface area contributed by atoms with Gasteiger partial charge in [-0.05, 0) is 24.6 Å². The van der Waals surface area contributed by atoms with E-state index in [1.54, 1.807) is 21.3 Å². The number of methoxy groups -OCH3 is 3. The van der Waals surface area contributed by atoms with Gasteiger partial charge in [0.15, 0.2) is 11.5 Å². The number of aromatic nitrogens is 1. The summed E-state index contributed by atoms with van der Waals surface area (Å²) in [6, 6.07) is 16.5. The summed E-state index contributed by atoms with van der Waals surface area (Å²) in [6.07, 6.45) is 2.02. The molecular formula is C20H21NO3. The lowest BCUT2D eigenvalue weighted by Crippen LogP contribution is -2.00. The summed E-state index contributed by atoms with van der Waals surface area (Å²) in [5, 5.41) is 0. The van der Waals surface area contributed by atoms with Crippen LogP contribution in [-0.4, -0.2) is 25.9 Å². The van der Waals surface area contributed by atoms with Crippen molar-refractivity contribution in [2.45, 2.75) is 6.92 Å². The first-order valence-corrected chi connectivity index (χ1v) is 7.72. The molecular weight excluding hydrogens is 302 g/mol. The lowest BCUT2D eigenvalue weighted by atomic mass is 10.1. The number of nitrogens with zero attached hydrogens (tertiary/aromatic N) is 1. The maximum absolute atomic E-state index is 5.46. The molecule has 4 heteroatoms. The van der Waals surface area contributed by atoms with Gasteiger partial charge in [0.2, 0.25) is 5.75 Å². The number of aryl methyl sites for hydroxylation is 1. The van der Waals surface area contributed by atoms with Crippen LogP contribution in [0.2, 0.25) is 0 Å². The molecule has 2 aromatic carbocycles. The third-order valence-corrected chi connectivity index (χ3v) is 4.02. The maximum Gasteiger partial charge on any atom is 0.203 e. The predicted octanol–water partition coefficient (Wildman–Crippen LogP) is 4.48. The molecule has 3 aromatic rings. The van der Waals surface area contributed by atoms with Crippen LogP contribution in [0.4, 0.5) is 0 Å². The van der Waals surface area contributed by atoms with E-state index in [2.05, 4.69) is 41.8 Å². The van der Waals surface area contributed by atoms with Gasteiger partial charge in [0.1, 0.15) is 0 Å². The van der Waals surface area contributed by atoms with E-state index >= 15 is 0 Å². The summed E-state index contributed by atoms with van der Waals surface area (Å²) in [4.78, 5) is 0. The molecule has 1 aromatic heterocycles. The first-order valence-electron chi connectivity index (χ1n) is 7.72. The van der Waals surface area contributed by atoms with Crippen molar-refractivity contribution in [3.8, 4) is 34.2 Å². The quantitative estimate of drug-likeness (QED) is 0.694. The fourth-order valence-electron chi connectivity index (χ4n) is 2.77. The molecule has 0 radical (unpaired) electrons. The number of hydrogen-bond acceptors (Lipinski definition) is 3. The molecule has 4 nitrogen and oxygen atoms in total. The van der Waals surface area contributed by atoms with Crippen LogP contribution in [0.25, 0.3) is 16.9 Å². The molecule has 0 N–H and O–H groups in total. The van der Waals surface area contributed by atoms with Crippen molar-refractivity contribution in [2.24, 2.45) is 0 Å². The van der Waals surface area contributed by atoms with Crippen LogP contribution in [-0.2, 0) is 0 Å². The molecule has 0 amide bonds. The zero-order valence-corrected chi connectivity index (χ0v) is 14.4. The fraction of sp³-hybridized carbons (Fsp3) is 0.200. The summed E-state index contributed by atoms with van der Waals surface area (Å²) in [5.41, 5.74) is 4.44. The molecule has 0 spiro atoms. The summed E-state index contributed by atoms with van der Waals surface area (Å²) >= 11 is 0. The highest BCUT2D eigenvalue weighted by atomic mass is 16.5. The lowest BCUT2D eigenvalue weighted by molar-refractivity contribution is 0.324. The Hall–Kier alpha value is -2.88. The first-order chi connectivity index (χ1) is 11.7. The molecule has 0 saturated carbocycles. The highest BCUT2D eigenvalue weighted by molar-refractivity contribution is 5.66. The lowest BCUT2D eigenvalue weighted by Gasteiger charge is -2.16. The van der Waals surface area contributed by atoms with Crippen molar-refractivity contribution in [2.75, 3.05) is 21.3 Å². The molecule has 1 heterocycles. The normalized spacial score (nSPS) is 10.5. The molecule has 0 aliphatic rings.